The van der Waals surface area contributed by atoms with Crippen LogP contribution < -0.4 is 10.7 Å². The topological polar surface area (TPSA) is 53.5 Å². The molecule has 0 aromatic heterocycles. The smallest absolute Gasteiger partial charge is 0.240 e. The summed E-state index contributed by atoms with van der Waals surface area (Å²) in [6.45, 7) is 2.22. The Hall–Kier alpha value is -1.06. The van der Waals surface area contributed by atoms with Crippen LogP contribution >= 0.6 is 0 Å². The highest BCUT2D eigenvalue weighted by Crippen LogP contribution is 1.65. The molecule has 0 heterocycles. The van der Waals surface area contributed by atoms with Gasteiger partial charge in [-0.3, -0.25) is 4.79 Å². The summed E-state index contributed by atoms with van der Waals surface area (Å²) in [6, 6.07) is 0. The average Bonchev–Trinajstić information content (AvgIpc) is 1.98. The van der Waals surface area contributed by atoms with Crippen molar-refractivity contribution in [1.29, 1.82) is 0 Å². The Labute approximate surface area is 60.7 Å². The Morgan fingerprint density at radius 2 is 2.40 bits per heavy atom. The lowest BCUT2D eigenvalue weighted by atomic mass is 10.5. The molecule has 0 saturated heterocycles. The van der Waals surface area contributed by atoms with E-state index in [2.05, 4.69) is 15.8 Å². The number of nitrogens with one attached hydrogen (secondary N) is 2. The van der Waals surface area contributed by atoms with Crippen molar-refractivity contribution in [3.05, 3.63) is 0 Å². The summed E-state index contributed by atoms with van der Waals surface area (Å²) in [7, 11) is 1.59. The zero-order valence-corrected chi connectivity index (χ0v) is 6.35. The second kappa shape index (κ2) is 6.07. The van der Waals surface area contributed by atoms with E-state index in [1.54, 1.807) is 13.3 Å². The molecule has 0 bridgehead atoms. The van der Waals surface area contributed by atoms with Gasteiger partial charge in [0.1, 0.15) is 6.54 Å². The molecule has 0 unspecified atom stereocenters. The van der Waals surface area contributed by atoms with Gasteiger partial charge in [0.2, 0.25) is 5.91 Å². The van der Waals surface area contributed by atoms with Crippen LogP contribution in [0.3, 0.4) is 0 Å². The minimum absolute atomic E-state index is 0.0618. The van der Waals surface area contributed by atoms with Crippen molar-refractivity contribution in [1.82, 2.24) is 10.7 Å². The molecule has 0 aliphatic carbocycles. The van der Waals surface area contributed by atoms with Crippen molar-refractivity contribution in [2.75, 3.05) is 13.6 Å². The third-order valence-corrected chi connectivity index (χ3v) is 0.884. The Morgan fingerprint density at radius 1 is 1.70 bits per heavy atom. The maximum Gasteiger partial charge on any atom is 0.240 e. The first kappa shape index (κ1) is 8.94. The van der Waals surface area contributed by atoms with Crippen LogP contribution in [0.25, 0.3) is 0 Å². The first-order chi connectivity index (χ1) is 4.81. The lowest BCUT2D eigenvalue weighted by Crippen LogP contribution is -2.28. The lowest BCUT2D eigenvalue weighted by molar-refractivity contribution is -0.119. The summed E-state index contributed by atoms with van der Waals surface area (Å²) in [6.07, 6.45) is 2.59. The van der Waals surface area contributed by atoms with Crippen molar-refractivity contribution >= 4 is 12.1 Å². The van der Waals surface area contributed by atoms with Gasteiger partial charge in [-0.15, -0.1) is 0 Å². The first-order valence-electron chi connectivity index (χ1n) is 3.26. The molecule has 0 radical (unpaired) electrons. The van der Waals surface area contributed by atoms with Gasteiger partial charge < -0.3 is 10.7 Å². The van der Waals surface area contributed by atoms with Gasteiger partial charge >= 0.3 is 0 Å². The SMILES string of the molecule is CC/C=N\NCC(=O)NC. The molecule has 0 aromatic carbocycles. The molecule has 0 atom stereocenters. The predicted molar refractivity (Wildman–Crippen MR) is 40.9 cm³/mol. The van der Waals surface area contributed by atoms with Gasteiger partial charge in [0.15, 0.2) is 0 Å². The molecule has 0 fully saturated rings. The number of likely N-dealkylation sites (N-methyl/N-ethyl adjacent to an activating group) is 1. The van der Waals surface area contributed by atoms with Crippen LogP contribution in [-0.4, -0.2) is 25.7 Å². The standard InChI is InChI=1S/C6H13N3O/c1-3-4-8-9-5-6(10)7-2/h4,9H,3,5H2,1-2H3,(H,7,10)/b8-4-. The molecule has 4 heteroatoms. The lowest BCUT2D eigenvalue weighted by Gasteiger charge is -1.96. The molecule has 1 amide bonds. The molecule has 10 heavy (non-hydrogen) atoms. The molecule has 0 aromatic rings. The quantitative estimate of drug-likeness (QED) is 0.420. The van der Waals surface area contributed by atoms with Gasteiger partial charge in [-0.05, 0) is 6.42 Å². The summed E-state index contributed by atoms with van der Waals surface area (Å²) in [5.41, 5.74) is 2.59. The average molecular weight is 143 g/mol. The fourth-order valence-electron chi connectivity index (χ4n) is 0.362. The Kier molecular flexibility index (Phi) is 5.42. The van der Waals surface area contributed by atoms with Crippen LogP contribution in [0, 0.1) is 0 Å². The maximum atomic E-state index is 10.5. The van der Waals surface area contributed by atoms with Gasteiger partial charge in [-0.1, -0.05) is 6.92 Å². The summed E-state index contributed by atoms with van der Waals surface area (Å²) in [5.74, 6) is -0.0618. The molecular weight excluding hydrogens is 130 g/mol. The number of rotatable bonds is 4. The second-order valence-corrected chi connectivity index (χ2v) is 1.73. The number of hydrogen-bond donors (Lipinski definition) is 2. The van der Waals surface area contributed by atoms with Crippen LogP contribution in [0.1, 0.15) is 13.3 Å². The van der Waals surface area contributed by atoms with Gasteiger partial charge in [-0.25, -0.2) is 0 Å². The molecular formula is C6H13N3O. The van der Waals surface area contributed by atoms with Crippen molar-refractivity contribution in [2.24, 2.45) is 5.10 Å². The fourth-order valence-corrected chi connectivity index (χ4v) is 0.362. The summed E-state index contributed by atoms with van der Waals surface area (Å²) >= 11 is 0. The number of hydrogen-bond acceptors (Lipinski definition) is 3. The van der Waals surface area contributed by atoms with Gasteiger partial charge in [-0.2, -0.15) is 5.10 Å². The normalized spacial score (nSPS) is 9.80. The number of carbonyl (C=O) groups is 1. The first-order valence-corrected chi connectivity index (χ1v) is 3.26. The van der Waals surface area contributed by atoms with Crippen LogP contribution in [0.15, 0.2) is 5.10 Å². The highest BCUT2D eigenvalue weighted by Gasteiger charge is 1.91. The third kappa shape index (κ3) is 5.08. The van der Waals surface area contributed by atoms with Crippen molar-refractivity contribution < 1.29 is 4.79 Å². The van der Waals surface area contributed by atoms with E-state index >= 15 is 0 Å². The van der Waals surface area contributed by atoms with E-state index in [-0.39, 0.29) is 12.5 Å². The Morgan fingerprint density at radius 3 is 2.90 bits per heavy atom. The summed E-state index contributed by atoms with van der Waals surface area (Å²) in [4.78, 5) is 10.5. The van der Waals surface area contributed by atoms with E-state index < -0.39 is 0 Å². The monoisotopic (exact) mass is 143 g/mol. The zero-order valence-electron chi connectivity index (χ0n) is 6.35. The van der Waals surface area contributed by atoms with Crippen molar-refractivity contribution in [2.45, 2.75) is 13.3 Å². The highest BCUT2D eigenvalue weighted by molar-refractivity contribution is 5.77. The molecule has 0 aliphatic heterocycles. The molecule has 0 rings (SSSR count). The number of nitrogens with zero attached hydrogens (tertiary/aromatic N) is 1. The van der Waals surface area contributed by atoms with Gasteiger partial charge in [0.05, 0.1) is 0 Å². The second-order valence-electron chi connectivity index (χ2n) is 1.73. The van der Waals surface area contributed by atoms with E-state index in [0.29, 0.717) is 0 Å². The van der Waals surface area contributed by atoms with Crippen LogP contribution in [0.4, 0.5) is 0 Å². The van der Waals surface area contributed by atoms with Gasteiger partial charge in [0, 0.05) is 13.3 Å². The van der Waals surface area contributed by atoms with E-state index in [1.807, 2.05) is 6.92 Å². The fraction of sp³-hybridized carbons (Fsp3) is 0.667. The number of amides is 1. The largest absolute Gasteiger partial charge is 0.358 e. The van der Waals surface area contributed by atoms with E-state index in [1.165, 1.54) is 0 Å². The minimum Gasteiger partial charge on any atom is -0.358 e. The number of carbonyl (C=O) groups excluding carboxylic acids is 1. The highest BCUT2D eigenvalue weighted by atomic mass is 16.1. The van der Waals surface area contributed by atoms with Crippen LogP contribution in [0.2, 0.25) is 0 Å². The third-order valence-electron chi connectivity index (χ3n) is 0.884. The molecule has 0 saturated carbocycles. The molecule has 2 N–H and O–H groups in total. The Bertz CT molecular complexity index is 122. The zero-order chi connectivity index (χ0) is 7.82. The Balaban J connectivity index is 3.19. The van der Waals surface area contributed by atoms with Crippen LogP contribution in [0.5, 0.6) is 0 Å². The van der Waals surface area contributed by atoms with Crippen LogP contribution in [-0.2, 0) is 4.79 Å². The summed E-state index contributed by atoms with van der Waals surface area (Å²) < 4.78 is 0. The molecule has 0 spiro atoms. The van der Waals surface area contributed by atoms with Crippen molar-refractivity contribution in [3.63, 3.8) is 0 Å². The van der Waals surface area contributed by atoms with Gasteiger partial charge in [0.25, 0.3) is 0 Å². The van der Waals surface area contributed by atoms with E-state index in [9.17, 15) is 4.79 Å². The van der Waals surface area contributed by atoms with Crippen molar-refractivity contribution in [3.8, 4) is 0 Å². The van der Waals surface area contributed by atoms with E-state index in [0.717, 1.165) is 6.42 Å². The predicted octanol–water partition coefficient (Wildman–Crippen LogP) is -0.282. The number of hydrazone groups is 1. The van der Waals surface area contributed by atoms with E-state index in [4.69, 9.17) is 0 Å². The molecule has 4 nitrogen and oxygen atoms in total. The molecule has 58 valence electrons. The maximum absolute atomic E-state index is 10.5. The summed E-state index contributed by atoms with van der Waals surface area (Å²) in [5, 5.41) is 6.21. The minimum atomic E-state index is -0.0618. The molecule has 0 aliphatic rings.